The molecule has 0 atom stereocenters. The number of para-hydroxylation sites is 1. The summed E-state index contributed by atoms with van der Waals surface area (Å²) in [6.07, 6.45) is 2.87. The van der Waals surface area contributed by atoms with Crippen LogP contribution in [0.1, 0.15) is 29.3 Å². The zero-order valence-electron chi connectivity index (χ0n) is 16.6. The average Bonchev–Trinajstić information content (AvgIpc) is 3.08. The predicted octanol–water partition coefficient (Wildman–Crippen LogP) is 5.84. The van der Waals surface area contributed by atoms with Crippen molar-refractivity contribution in [3.63, 3.8) is 0 Å². The van der Waals surface area contributed by atoms with Crippen LogP contribution in [0.2, 0.25) is 0 Å². The number of nitrogens with zero attached hydrogens (tertiary/aromatic N) is 2. The van der Waals surface area contributed by atoms with Gasteiger partial charge in [0.2, 0.25) is 0 Å². The number of aryl methyl sites for hydroxylation is 3. The molecule has 4 nitrogen and oxygen atoms in total. The van der Waals surface area contributed by atoms with Gasteiger partial charge >= 0.3 is 0 Å². The van der Waals surface area contributed by atoms with E-state index in [-0.39, 0.29) is 0 Å². The second-order valence-corrected chi connectivity index (χ2v) is 6.99. The van der Waals surface area contributed by atoms with Crippen molar-refractivity contribution >= 4 is 17.2 Å². The first kappa shape index (κ1) is 18.1. The Balaban J connectivity index is 1.72. The highest BCUT2D eigenvalue weighted by Crippen LogP contribution is 2.31. The third-order valence-corrected chi connectivity index (χ3v) is 4.98. The summed E-state index contributed by atoms with van der Waals surface area (Å²) >= 11 is 0. The van der Waals surface area contributed by atoms with Crippen LogP contribution < -0.4 is 10.1 Å². The Morgan fingerprint density at radius 3 is 2.39 bits per heavy atom. The molecular weight excluding hydrogens is 346 g/mol. The van der Waals surface area contributed by atoms with Crippen molar-refractivity contribution in [3.05, 3.63) is 89.2 Å². The zero-order chi connectivity index (χ0) is 19.5. The zero-order valence-corrected chi connectivity index (χ0v) is 16.6. The maximum atomic E-state index is 6.10. The number of imidazole rings is 1. The minimum Gasteiger partial charge on any atom is -0.485 e. The Labute approximate surface area is 165 Å². The summed E-state index contributed by atoms with van der Waals surface area (Å²) in [7, 11) is 0. The Kier molecular flexibility index (Phi) is 5.02. The van der Waals surface area contributed by atoms with E-state index < -0.39 is 0 Å². The quantitative estimate of drug-likeness (QED) is 0.463. The van der Waals surface area contributed by atoms with Gasteiger partial charge in [-0.1, -0.05) is 55.5 Å². The minimum absolute atomic E-state index is 0.522. The molecule has 0 fully saturated rings. The number of benzene rings is 2. The molecule has 4 heteroatoms. The van der Waals surface area contributed by atoms with Gasteiger partial charge in [0.05, 0.1) is 5.69 Å². The first-order valence-electron chi connectivity index (χ1n) is 9.67. The molecular formula is C24H25N3O. The van der Waals surface area contributed by atoms with Crippen LogP contribution in [0.4, 0.5) is 11.5 Å². The number of aromatic nitrogens is 2. The van der Waals surface area contributed by atoms with Crippen molar-refractivity contribution in [2.24, 2.45) is 0 Å². The van der Waals surface area contributed by atoms with Gasteiger partial charge in [-0.2, -0.15) is 0 Å². The van der Waals surface area contributed by atoms with Crippen molar-refractivity contribution in [1.29, 1.82) is 0 Å². The van der Waals surface area contributed by atoms with Crippen molar-refractivity contribution in [1.82, 2.24) is 9.38 Å². The van der Waals surface area contributed by atoms with Gasteiger partial charge in [-0.15, -0.1) is 0 Å². The lowest BCUT2D eigenvalue weighted by molar-refractivity contribution is 0.308. The van der Waals surface area contributed by atoms with Crippen LogP contribution in [-0.4, -0.2) is 9.38 Å². The number of pyridine rings is 1. The van der Waals surface area contributed by atoms with E-state index in [1.54, 1.807) is 0 Å². The summed E-state index contributed by atoms with van der Waals surface area (Å²) in [5.41, 5.74) is 6.57. The molecule has 0 aliphatic rings. The summed E-state index contributed by atoms with van der Waals surface area (Å²) in [5, 5.41) is 3.63. The molecule has 0 amide bonds. The molecule has 0 saturated heterocycles. The molecule has 0 bridgehead atoms. The number of hydrogen-bond acceptors (Lipinski definition) is 3. The molecule has 4 rings (SSSR count). The lowest BCUT2D eigenvalue weighted by atomic mass is 10.1. The second-order valence-electron chi connectivity index (χ2n) is 6.99. The summed E-state index contributed by atoms with van der Waals surface area (Å²) in [5.74, 6) is 1.79. The number of nitrogens with one attached hydrogen (secondary N) is 1. The highest BCUT2D eigenvalue weighted by atomic mass is 16.5. The van der Waals surface area contributed by atoms with Gasteiger partial charge in [0.1, 0.15) is 12.4 Å². The highest BCUT2D eigenvalue weighted by Gasteiger charge is 2.16. The van der Waals surface area contributed by atoms with Crippen LogP contribution in [-0.2, 0) is 13.0 Å². The molecule has 28 heavy (non-hydrogen) atoms. The van der Waals surface area contributed by atoms with Crippen LogP contribution in [0.15, 0.2) is 66.9 Å². The smallest absolute Gasteiger partial charge is 0.181 e. The van der Waals surface area contributed by atoms with E-state index in [2.05, 4.69) is 60.8 Å². The van der Waals surface area contributed by atoms with E-state index in [4.69, 9.17) is 9.72 Å². The standard InChI is InChI=1S/C24H25N3O/c1-4-20-23(26-22-17(2)10-8-11-18(22)3)27-15-9-14-21(24(27)25-20)28-16-19-12-6-5-7-13-19/h5-15,26H,4,16H2,1-3H3. The first-order chi connectivity index (χ1) is 13.7. The molecule has 0 aliphatic heterocycles. The number of rotatable bonds is 6. The van der Waals surface area contributed by atoms with Crippen LogP contribution >= 0.6 is 0 Å². The van der Waals surface area contributed by atoms with Gasteiger partial charge in [-0.05, 0) is 49.1 Å². The van der Waals surface area contributed by atoms with E-state index in [1.807, 2.05) is 36.5 Å². The lowest BCUT2D eigenvalue weighted by Gasteiger charge is -2.14. The highest BCUT2D eigenvalue weighted by molar-refractivity contribution is 5.70. The van der Waals surface area contributed by atoms with Crippen LogP contribution in [0.25, 0.3) is 5.65 Å². The van der Waals surface area contributed by atoms with E-state index in [0.29, 0.717) is 6.61 Å². The van der Waals surface area contributed by atoms with Crippen molar-refractivity contribution in [2.45, 2.75) is 33.8 Å². The summed E-state index contributed by atoms with van der Waals surface area (Å²) in [6.45, 7) is 6.90. The molecule has 2 aromatic heterocycles. The molecule has 0 unspecified atom stereocenters. The van der Waals surface area contributed by atoms with E-state index in [1.165, 1.54) is 11.1 Å². The maximum Gasteiger partial charge on any atom is 0.181 e. The van der Waals surface area contributed by atoms with Gasteiger partial charge in [-0.3, -0.25) is 4.40 Å². The first-order valence-corrected chi connectivity index (χ1v) is 9.67. The molecule has 2 aromatic carbocycles. The Hall–Kier alpha value is -3.27. The second kappa shape index (κ2) is 7.77. The topological polar surface area (TPSA) is 38.6 Å². The molecule has 0 spiro atoms. The van der Waals surface area contributed by atoms with Crippen molar-refractivity contribution in [3.8, 4) is 5.75 Å². The third-order valence-electron chi connectivity index (χ3n) is 4.98. The van der Waals surface area contributed by atoms with Crippen molar-refractivity contribution in [2.75, 3.05) is 5.32 Å². The normalized spacial score (nSPS) is 11.0. The monoisotopic (exact) mass is 371 g/mol. The van der Waals surface area contributed by atoms with Crippen LogP contribution in [0.3, 0.4) is 0 Å². The Bertz CT molecular complexity index is 1080. The Morgan fingerprint density at radius 1 is 0.929 bits per heavy atom. The predicted molar refractivity (Wildman–Crippen MR) is 115 cm³/mol. The number of hydrogen-bond donors (Lipinski definition) is 1. The average molecular weight is 371 g/mol. The fraction of sp³-hybridized carbons (Fsp3) is 0.208. The van der Waals surface area contributed by atoms with Gasteiger partial charge in [-0.25, -0.2) is 4.98 Å². The van der Waals surface area contributed by atoms with Gasteiger partial charge < -0.3 is 10.1 Å². The molecule has 0 aliphatic carbocycles. The molecule has 142 valence electrons. The molecule has 0 radical (unpaired) electrons. The molecule has 0 saturated carbocycles. The molecule has 2 heterocycles. The number of ether oxygens (including phenoxy) is 1. The molecule has 4 aromatic rings. The largest absolute Gasteiger partial charge is 0.485 e. The van der Waals surface area contributed by atoms with Gasteiger partial charge in [0, 0.05) is 11.9 Å². The lowest BCUT2D eigenvalue weighted by Crippen LogP contribution is -2.02. The minimum atomic E-state index is 0.522. The third kappa shape index (κ3) is 3.46. The number of anilines is 2. The Morgan fingerprint density at radius 2 is 1.68 bits per heavy atom. The maximum absolute atomic E-state index is 6.10. The van der Waals surface area contributed by atoms with Crippen molar-refractivity contribution < 1.29 is 4.74 Å². The summed E-state index contributed by atoms with van der Waals surface area (Å²) in [6, 6.07) is 20.5. The molecule has 1 N–H and O–H groups in total. The van der Waals surface area contributed by atoms with Crippen LogP contribution in [0.5, 0.6) is 5.75 Å². The van der Waals surface area contributed by atoms with E-state index in [0.717, 1.165) is 40.6 Å². The SMILES string of the molecule is CCc1nc2c(OCc3ccccc3)cccn2c1Nc1c(C)cccc1C. The number of fused-ring (bicyclic) bond motifs is 1. The fourth-order valence-corrected chi connectivity index (χ4v) is 3.45. The summed E-state index contributed by atoms with van der Waals surface area (Å²) in [4.78, 5) is 4.87. The van der Waals surface area contributed by atoms with E-state index >= 15 is 0 Å². The van der Waals surface area contributed by atoms with Gasteiger partial charge in [0.25, 0.3) is 0 Å². The summed E-state index contributed by atoms with van der Waals surface area (Å²) < 4.78 is 8.19. The van der Waals surface area contributed by atoms with Gasteiger partial charge in [0.15, 0.2) is 11.4 Å². The fourth-order valence-electron chi connectivity index (χ4n) is 3.45. The van der Waals surface area contributed by atoms with Crippen LogP contribution in [0, 0.1) is 13.8 Å². The van der Waals surface area contributed by atoms with E-state index in [9.17, 15) is 0 Å².